The first-order valence-electron chi connectivity index (χ1n) is 9.86. The zero-order chi connectivity index (χ0) is 21.1. The number of hydrogen-bond acceptors (Lipinski definition) is 6. The molecule has 0 saturated carbocycles. The fraction of sp³-hybridized carbons (Fsp3) is 0.273. The van der Waals surface area contributed by atoms with Crippen LogP contribution in [0.25, 0.3) is 11.3 Å². The molecular formula is C22H24N4O3S. The van der Waals surface area contributed by atoms with Crippen LogP contribution in [0.15, 0.2) is 65.6 Å². The molecule has 0 fully saturated rings. The van der Waals surface area contributed by atoms with Crippen molar-refractivity contribution in [1.29, 1.82) is 0 Å². The van der Waals surface area contributed by atoms with Crippen LogP contribution in [-0.4, -0.2) is 31.0 Å². The van der Waals surface area contributed by atoms with Crippen molar-refractivity contribution in [2.45, 2.75) is 31.2 Å². The van der Waals surface area contributed by atoms with E-state index in [2.05, 4.69) is 33.9 Å². The molecule has 3 aromatic rings. The lowest BCUT2D eigenvalue weighted by Gasteiger charge is -2.23. The van der Waals surface area contributed by atoms with Crippen molar-refractivity contribution in [2.75, 3.05) is 16.6 Å². The fourth-order valence-corrected chi connectivity index (χ4v) is 4.38. The van der Waals surface area contributed by atoms with Gasteiger partial charge in [0.2, 0.25) is 11.8 Å². The Morgan fingerprint density at radius 2 is 1.87 bits per heavy atom. The lowest BCUT2D eigenvalue weighted by Crippen LogP contribution is -2.29. The fourth-order valence-electron chi connectivity index (χ4n) is 3.39. The summed E-state index contributed by atoms with van der Waals surface area (Å²) in [5.41, 5.74) is 2.15. The van der Waals surface area contributed by atoms with E-state index in [0.717, 1.165) is 17.7 Å². The van der Waals surface area contributed by atoms with Crippen molar-refractivity contribution < 1.29 is 13.2 Å². The standard InChI is InChI=1S/C22H24N4O3S/c1-15(2)11-18-14-29-21-13-20(16-7-4-3-5-8-16)24-22(25-21)26-30(27,28)19-10-6-9-17(12-19)23-18/h3-10,12-13,15,18,23H,11,14H2,1-2H3,(H,24,25,26)/t18-/m1/s1. The van der Waals surface area contributed by atoms with Gasteiger partial charge in [-0.3, -0.25) is 0 Å². The molecule has 30 heavy (non-hydrogen) atoms. The minimum Gasteiger partial charge on any atom is -0.475 e. The van der Waals surface area contributed by atoms with Gasteiger partial charge in [-0.25, -0.2) is 18.1 Å². The molecule has 2 N–H and O–H groups in total. The first-order valence-corrected chi connectivity index (χ1v) is 11.3. The van der Waals surface area contributed by atoms with Crippen LogP contribution in [0.4, 0.5) is 11.6 Å². The normalized spacial score (nSPS) is 17.6. The summed E-state index contributed by atoms with van der Waals surface area (Å²) in [4.78, 5) is 8.84. The molecular weight excluding hydrogens is 400 g/mol. The molecule has 0 spiro atoms. The minimum absolute atomic E-state index is 0.00562. The van der Waals surface area contributed by atoms with E-state index in [1.807, 2.05) is 36.4 Å². The molecule has 0 unspecified atom stereocenters. The van der Waals surface area contributed by atoms with Gasteiger partial charge in [0.1, 0.15) is 6.61 Å². The van der Waals surface area contributed by atoms with Gasteiger partial charge in [-0.15, -0.1) is 0 Å². The van der Waals surface area contributed by atoms with E-state index in [1.54, 1.807) is 24.3 Å². The van der Waals surface area contributed by atoms with Crippen LogP contribution in [0.1, 0.15) is 20.3 Å². The predicted molar refractivity (Wildman–Crippen MR) is 117 cm³/mol. The number of sulfonamides is 1. The summed E-state index contributed by atoms with van der Waals surface area (Å²) in [5, 5.41) is 3.40. The van der Waals surface area contributed by atoms with Gasteiger partial charge in [0, 0.05) is 17.3 Å². The number of hydrogen-bond donors (Lipinski definition) is 2. The SMILES string of the molecule is CC(C)C[C@@H]1COc2cc(-c3ccccc3)nc(n2)NS(=O)(=O)c2cccc(c2)N1. The van der Waals surface area contributed by atoms with Crippen molar-refractivity contribution in [1.82, 2.24) is 9.97 Å². The summed E-state index contributed by atoms with van der Waals surface area (Å²) in [6.07, 6.45) is 0.860. The van der Waals surface area contributed by atoms with Gasteiger partial charge in [-0.1, -0.05) is 50.2 Å². The van der Waals surface area contributed by atoms with Gasteiger partial charge in [0.05, 0.1) is 16.6 Å². The minimum atomic E-state index is -3.86. The largest absolute Gasteiger partial charge is 0.475 e. The summed E-state index contributed by atoms with van der Waals surface area (Å²) in [6, 6.07) is 18.0. The molecule has 1 aromatic heterocycles. The van der Waals surface area contributed by atoms with E-state index in [9.17, 15) is 8.42 Å². The average Bonchev–Trinajstić information content (AvgIpc) is 2.71. The molecule has 1 aliphatic heterocycles. The van der Waals surface area contributed by atoms with Crippen molar-refractivity contribution in [3.05, 3.63) is 60.7 Å². The molecule has 8 heteroatoms. The van der Waals surface area contributed by atoms with E-state index in [4.69, 9.17) is 4.74 Å². The molecule has 0 saturated heterocycles. The van der Waals surface area contributed by atoms with Crippen LogP contribution in [0.2, 0.25) is 0 Å². The lowest BCUT2D eigenvalue weighted by atomic mass is 10.0. The monoisotopic (exact) mass is 424 g/mol. The van der Waals surface area contributed by atoms with Gasteiger partial charge in [-0.2, -0.15) is 4.98 Å². The molecule has 4 rings (SSSR count). The summed E-state index contributed by atoms with van der Waals surface area (Å²) in [6.45, 7) is 4.66. The summed E-state index contributed by atoms with van der Waals surface area (Å²) in [7, 11) is -3.86. The number of nitrogens with zero attached hydrogens (tertiary/aromatic N) is 2. The van der Waals surface area contributed by atoms with Gasteiger partial charge >= 0.3 is 0 Å². The van der Waals surface area contributed by atoms with E-state index in [0.29, 0.717) is 24.1 Å². The Labute approximate surface area is 176 Å². The molecule has 156 valence electrons. The highest BCUT2D eigenvalue weighted by atomic mass is 32.2. The zero-order valence-corrected chi connectivity index (χ0v) is 17.7. The van der Waals surface area contributed by atoms with Gasteiger partial charge in [0.15, 0.2) is 0 Å². The summed E-state index contributed by atoms with van der Waals surface area (Å²) < 4.78 is 34.3. The molecule has 1 atom stereocenters. The Kier molecular flexibility index (Phi) is 5.59. The molecule has 7 nitrogen and oxygen atoms in total. The Balaban J connectivity index is 1.80. The Morgan fingerprint density at radius 1 is 1.07 bits per heavy atom. The molecule has 0 aliphatic carbocycles. The van der Waals surface area contributed by atoms with E-state index in [1.165, 1.54) is 0 Å². The molecule has 0 amide bonds. The Hall–Kier alpha value is -3.13. The smallest absolute Gasteiger partial charge is 0.264 e. The molecule has 4 bridgehead atoms. The maximum Gasteiger partial charge on any atom is 0.264 e. The highest BCUT2D eigenvalue weighted by molar-refractivity contribution is 7.92. The third-order valence-electron chi connectivity index (χ3n) is 4.70. The number of benzene rings is 2. The van der Waals surface area contributed by atoms with Gasteiger partial charge in [0.25, 0.3) is 10.0 Å². The first kappa shape index (κ1) is 20.2. The van der Waals surface area contributed by atoms with E-state index >= 15 is 0 Å². The highest BCUT2D eigenvalue weighted by Crippen LogP contribution is 2.26. The third-order valence-corrected chi connectivity index (χ3v) is 6.03. The van der Waals surface area contributed by atoms with Gasteiger partial charge < -0.3 is 10.1 Å². The predicted octanol–water partition coefficient (Wildman–Crippen LogP) is 4.16. The molecule has 2 heterocycles. The number of nitrogens with one attached hydrogen (secondary N) is 2. The highest BCUT2D eigenvalue weighted by Gasteiger charge is 2.21. The molecule has 1 aliphatic rings. The lowest BCUT2D eigenvalue weighted by molar-refractivity contribution is 0.271. The maximum absolute atomic E-state index is 12.9. The second-order valence-electron chi connectivity index (χ2n) is 7.70. The topological polar surface area (TPSA) is 93.2 Å². The number of anilines is 2. The van der Waals surface area contributed by atoms with Crippen LogP contribution in [0.5, 0.6) is 5.88 Å². The van der Waals surface area contributed by atoms with Gasteiger partial charge in [-0.05, 0) is 30.5 Å². The Morgan fingerprint density at radius 3 is 2.63 bits per heavy atom. The van der Waals surface area contributed by atoms with Crippen molar-refractivity contribution >= 4 is 21.7 Å². The van der Waals surface area contributed by atoms with E-state index in [-0.39, 0.29) is 16.9 Å². The second-order valence-corrected chi connectivity index (χ2v) is 9.38. The molecule has 2 aromatic carbocycles. The van der Waals surface area contributed by atoms with Crippen molar-refractivity contribution in [2.24, 2.45) is 5.92 Å². The Bertz CT molecular complexity index is 1130. The third kappa shape index (κ3) is 4.71. The number of fused-ring (bicyclic) bond motifs is 4. The quantitative estimate of drug-likeness (QED) is 0.656. The molecule has 0 radical (unpaired) electrons. The van der Waals surface area contributed by atoms with Crippen LogP contribution >= 0.6 is 0 Å². The number of aromatic nitrogens is 2. The summed E-state index contributed by atoms with van der Waals surface area (Å²) in [5.74, 6) is 0.737. The van der Waals surface area contributed by atoms with Crippen LogP contribution in [0.3, 0.4) is 0 Å². The average molecular weight is 425 g/mol. The van der Waals surface area contributed by atoms with Crippen LogP contribution < -0.4 is 14.8 Å². The maximum atomic E-state index is 12.9. The van der Waals surface area contributed by atoms with Crippen LogP contribution in [-0.2, 0) is 10.0 Å². The van der Waals surface area contributed by atoms with Crippen LogP contribution in [0, 0.1) is 5.92 Å². The van der Waals surface area contributed by atoms with Crippen molar-refractivity contribution in [3.63, 3.8) is 0 Å². The zero-order valence-electron chi connectivity index (χ0n) is 16.9. The second kappa shape index (κ2) is 8.31. The number of ether oxygens (including phenoxy) is 1. The van der Waals surface area contributed by atoms with Crippen molar-refractivity contribution in [3.8, 4) is 17.1 Å². The first-order chi connectivity index (χ1) is 14.4. The summed E-state index contributed by atoms with van der Waals surface area (Å²) >= 11 is 0. The number of rotatable bonds is 3. The van der Waals surface area contributed by atoms with E-state index < -0.39 is 10.0 Å².